The first-order chi connectivity index (χ1) is 2.64. The topological polar surface area (TPSA) is 135 Å². The van der Waals surface area contributed by atoms with E-state index >= 15 is 0 Å². The van der Waals surface area contributed by atoms with Crippen LogP contribution in [0.3, 0.4) is 0 Å². The van der Waals surface area contributed by atoms with Crippen LogP contribution in [0.4, 0.5) is 0 Å². The van der Waals surface area contributed by atoms with Crippen molar-refractivity contribution in [2.45, 2.75) is 0 Å². The Morgan fingerprint density at radius 3 is 1.00 bits per heavy atom. The molecule has 0 amide bonds. The van der Waals surface area contributed by atoms with Gasteiger partial charge in [-0.25, -0.2) is 9.59 Å². The zero-order valence-electron chi connectivity index (χ0n) is 4.31. The first-order valence-corrected chi connectivity index (χ1v) is 1.11. The molecule has 0 bridgehead atoms. The molecule has 0 atom stereocenters. The molecule has 0 saturated carbocycles. The Morgan fingerprint density at radius 2 is 1.00 bits per heavy atom. The Hall–Kier alpha value is 0.431. The summed E-state index contributed by atoms with van der Waals surface area (Å²) in [7, 11) is 0. The molecule has 0 aromatic rings. The quantitative estimate of drug-likeness (QED) is 0.399. The van der Waals surface area contributed by atoms with Gasteiger partial charge in [-0.05, 0) is 0 Å². The summed E-state index contributed by atoms with van der Waals surface area (Å²) in [6, 6.07) is 0. The van der Waals surface area contributed by atoms with Crippen molar-refractivity contribution < 1.29 is 30.8 Å². The summed E-state index contributed by atoms with van der Waals surface area (Å²) in [6.45, 7) is 0. The number of rotatable bonds is 0. The van der Waals surface area contributed by atoms with Gasteiger partial charge in [0.2, 0.25) is 0 Å². The predicted octanol–water partition coefficient (Wildman–Crippen LogP) is -1.58. The van der Waals surface area contributed by atoms with E-state index in [1.165, 1.54) is 0 Å². The van der Waals surface area contributed by atoms with Crippen LogP contribution in [0.15, 0.2) is 0 Å². The molecule has 6 nitrogen and oxygen atoms in total. The zero-order chi connectivity index (χ0) is 5.15. The second-order valence-electron chi connectivity index (χ2n) is 0.610. The SMILES string of the molecule is O=C(O)C(=O)O.[Ba+2].[OH-].[OH-]. The van der Waals surface area contributed by atoms with Gasteiger partial charge < -0.3 is 21.2 Å². The van der Waals surface area contributed by atoms with Crippen LogP contribution in [-0.4, -0.2) is 82.0 Å². The van der Waals surface area contributed by atoms with Gasteiger partial charge in [-0.3, -0.25) is 0 Å². The van der Waals surface area contributed by atoms with E-state index in [-0.39, 0.29) is 59.8 Å². The van der Waals surface area contributed by atoms with Gasteiger partial charge in [0.05, 0.1) is 0 Å². The van der Waals surface area contributed by atoms with Crippen molar-refractivity contribution >= 4 is 60.8 Å². The number of hydrogen-bond acceptors (Lipinski definition) is 4. The fourth-order valence-electron chi connectivity index (χ4n) is 0. The summed E-state index contributed by atoms with van der Waals surface area (Å²) >= 11 is 0. The van der Waals surface area contributed by atoms with Crippen molar-refractivity contribution in [3.63, 3.8) is 0 Å². The van der Waals surface area contributed by atoms with Crippen LogP contribution >= 0.6 is 0 Å². The minimum atomic E-state index is -1.82. The Balaban J connectivity index is -0.0000000417. The molecule has 0 heterocycles. The summed E-state index contributed by atoms with van der Waals surface area (Å²) in [4.78, 5) is 18.2. The Kier molecular flexibility index (Phi) is 28.4. The molecule has 0 fully saturated rings. The maximum absolute atomic E-state index is 9.10. The minimum Gasteiger partial charge on any atom is -0.870 e. The summed E-state index contributed by atoms with van der Waals surface area (Å²) < 4.78 is 0. The molecule has 4 N–H and O–H groups in total. The van der Waals surface area contributed by atoms with E-state index < -0.39 is 11.9 Å². The normalized spacial score (nSPS) is 4.89. The summed E-state index contributed by atoms with van der Waals surface area (Å²) in [5.41, 5.74) is 0. The molecule has 0 aliphatic carbocycles. The van der Waals surface area contributed by atoms with E-state index in [0.717, 1.165) is 0 Å². The minimum absolute atomic E-state index is 0. The van der Waals surface area contributed by atoms with Crippen LogP contribution in [0.25, 0.3) is 0 Å². The van der Waals surface area contributed by atoms with Gasteiger partial charge in [0, 0.05) is 0 Å². The van der Waals surface area contributed by atoms with Crippen LogP contribution in [0.5, 0.6) is 0 Å². The van der Waals surface area contributed by atoms with Crippen LogP contribution in [0, 0.1) is 0 Å². The first-order valence-electron chi connectivity index (χ1n) is 1.11. The van der Waals surface area contributed by atoms with Crippen LogP contribution < -0.4 is 0 Å². The predicted molar refractivity (Wildman–Crippen MR) is 24.9 cm³/mol. The molecule has 0 unspecified atom stereocenters. The molecule has 0 aliphatic heterocycles. The molecule has 50 valence electrons. The molecular weight excluding hydrogens is 257 g/mol. The molecule has 0 rings (SSSR count). The molecule has 0 aliphatic rings. The molecule has 0 aromatic carbocycles. The van der Waals surface area contributed by atoms with Crippen molar-refractivity contribution in [3.05, 3.63) is 0 Å². The van der Waals surface area contributed by atoms with Gasteiger partial charge in [-0.2, -0.15) is 0 Å². The Bertz CT molecular complexity index is 77.1. The maximum Gasteiger partial charge on any atom is 2.00 e. The first kappa shape index (κ1) is 22.7. The largest absolute Gasteiger partial charge is 2.00 e. The van der Waals surface area contributed by atoms with Crippen molar-refractivity contribution in [1.82, 2.24) is 0 Å². The van der Waals surface area contributed by atoms with Gasteiger partial charge >= 0.3 is 60.8 Å². The van der Waals surface area contributed by atoms with Gasteiger partial charge in [0.25, 0.3) is 0 Å². The van der Waals surface area contributed by atoms with Gasteiger partial charge in [0.1, 0.15) is 0 Å². The molecule has 0 aromatic heterocycles. The number of aliphatic carboxylic acids is 2. The standard InChI is InChI=1S/C2H2O4.Ba.2H2O/c3-1(4)2(5)6;;;/h(H,3,4)(H,5,6);;2*1H2/q;+2;;/p-2. The second kappa shape index (κ2) is 11.3. The van der Waals surface area contributed by atoms with E-state index in [1.54, 1.807) is 0 Å². The zero-order valence-corrected chi connectivity index (χ0v) is 8.75. The fourth-order valence-corrected chi connectivity index (χ4v) is 0. The van der Waals surface area contributed by atoms with Crippen molar-refractivity contribution in [3.8, 4) is 0 Å². The summed E-state index contributed by atoms with van der Waals surface area (Å²) in [6.07, 6.45) is 0. The Morgan fingerprint density at radius 1 is 0.889 bits per heavy atom. The fraction of sp³-hybridized carbons (Fsp3) is 0. The summed E-state index contributed by atoms with van der Waals surface area (Å²) in [5, 5.41) is 14.8. The van der Waals surface area contributed by atoms with Gasteiger partial charge in [-0.1, -0.05) is 0 Å². The molecular formula is C2H4BaO6. The number of carbonyl (C=O) groups is 2. The maximum atomic E-state index is 9.10. The summed E-state index contributed by atoms with van der Waals surface area (Å²) in [5.74, 6) is -3.65. The van der Waals surface area contributed by atoms with Gasteiger partial charge in [-0.15, -0.1) is 0 Å². The number of carboxylic acid groups (broad SMARTS) is 2. The van der Waals surface area contributed by atoms with Crippen LogP contribution in [0.2, 0.25) is 0 Å². The molecule has 0 spiro atoms. The molecule has 9 heavy (non-hydrogen) atoms. The average molecular weight is 261 g/mol. The third-order valence-electron chi connectivity index (χ3n) is 0.183. The van der Waals surface area contributed by atoms with E-state index in [4.69, 9.17) is 19.8 Å². The van der Waals surface area contributed by atoms with E-state index in [2.05, 4.69) is 0 Å². The van der Waals surface area contributed by atoms with Gasteiger partial charge in [0.15, 0.2) is 0 Å². The van der Waals surface area contributed by atoms with Crippen LogP contribution in [-0.2, 0) is 9.59 Å². The molecule has 0 radical (unpaired) electrons. The van der Waals surface area contributed by atoms with Crippen LogP contribution in [0.1, 0.15) is 0 Å². The monoisotopic (exact) mass is 262 g/mol. The van der Waals surface area contributed by atoms with E-state index in [0.29, 0.717) is 0 Å². The molecule has 0 saturated heterocycles. The third-order valence-corrected chi connectivity index (χ3v) is 0.183. The van der Waals surface area contributed by atoms with Crippen molar-refractivity contribution in [2.75, 3.05) is 0 Å². The van der Waals surface area contributed by atoms with Crippen molar-refractivity contribution in [1.29, 1.82) is 0 Å². The number of carboxylic acids is 2. The second-order valence-corrected chi connectivity index (χ2v) is 0.610. The third kappa shape index (κ3) is 17.8. The number of hydrogen-bond donors (Lipinski definition) is 2. The van der Waals surface area contributed by atoms with E-state index in [9.17, 15) is 0 Å². The smallest absolute Gasteiger partial charge is 0.870 e. The van der Waals surface area contributed by atoms with Crippen molar-refractivity contribution in [2.24, 2.45) is 0 Å². The van der Waals surface area contributed by atoms with E-state index in [1.807, 2.05) is 0 Å². The average Bonchev–Trinajstić information content (AvgIpc) is 1.36. The molecule has 7 heteroatoms. The Labute approximate surface area is 90.6 Å².